The fourth-order valence-corrected chi connectivity index (χ4v) is 4.80. The third kappa shape index (κ3) is 6.24. The second-order valence-corrected chi connectivity index (χ2v) is 9.93. The summed E-state index contributed by atoms with van der Waals surface area (Å²) in [6.45, 7) is 1.87. The van der Waals surface area contributed by atoms with Gasteiger partial charge in [-0.2, -0.15) is 5.10 Å². The first-order valence-electron chi connectivity index (χ1n) is 12.9. The largest absolute Gasteiger partial charge is 0.347 e. The Morgan fingerprint density at radius 3 is 2.45 bits per heavy atom. The number of nitrogens with one attached hydrogen (secondary N) is 2. The van der Waals surface area contributed by atoms with E-state index in [4.69, 9.17) is 0 Å². The van der Waals surface area contributed by atoms with Gasteiger partial charge in [0.1, 0.15) is 24.1 Å². The van der Waals surface area contributed by atoms with Crippen LogP contribution in [-0.4, -0.2) is 72.5 Å². The lowest BCUT2D eigenvalue weighted by molar-refractivity contribution is -0.129. The minimum atomic E-state index is -0.693. The summed E-state index contributed by atoms with van der Waals surface area (Å²) < 4.78 is 3.04. The molecule has 0 saturated heterocycles. The zero-order valence-corrected chi connectivity index (χ0v) is 22.3. The molecule has 0 aliphatic heterocycles. The monoisotopic (exact) mass is 521 g/mol. The molecule has 38 heavy (non-hydrogen) atoms. The van der Waals surface area contributed by atoms with Crippen LogP contribution in [0.2, 0.25) is 0 Å². The maximum Gasteiger partial charge on any atom is 0.270 e. The van der Waals surface area contributed by atoms with Crippen molar-refractivity contribution in [3.8, 4) is 11.3 Å². The van der Waals surface area contributed by atoms with Gasteiger partial charge in [0.25, 0.3) is 5.91 Å². The standard InChI is InChI=1S/C26H35N9O3/c1-17-24(35(32-31-17)16-22(36)33(2)3)19-11-12-21(27-15-19)29-26(38)23(18-9-7-5-6-8-10-18)30-25(37)20-13-14-28-34(20)4/h11-15,18,23H,5-10,16H2,1-4H3,(H,30,37)(H,27,29,38). The van der Waals surface area contributed by atoms with E-state index in [1.807, 2.05) is 6.92 Å². The van der Waals surface area contributed by atoms with E-state index < -0.39 is 6.04 Å². The molecule has 1 fully saturated rings. The summed E-state index contributed by atoms with van der Waals surface area (Å²) in [5, 5.41) is 18.1. The Bertz CT molecular complexity index is 1270. The number of likely N-dealkylation sites (N-methyl/N-ethyl adjacent to an activating group) is 1. The number of carbonyl (C=O) groups excluding carboxylic acids is 3. The van der Waals surface area contributed by atoms with E-state index in [2.05, 4.69) is 31.0 Å². The molecule has 2 N–H and O–H groups in total. The molecule has 3 aromatic rings. The van der Waals surface area contributed by atoms with Crippen molar-refractivity contribution in [2.75, 3.05) is 19.4 Å². The van der Waals surface area contributed by atoms with Crippen molar-refractivity contribution in [2.24, 2.45) is 13.0 Å². The number of hydrogen-bond donors (Lipinski definition) is 2. The number of hydrogen-bond acceptors (Lipinski definition) is 7. The van der Waals surface area contributed by atoms with E-state index in [1.54, 1.807) is 56.4 Å². The predicted molar refractivity (Wildman–Crippen MR) is 141 cm³/mol. The highest BCUT2D eigenvalue weighted by atomic mass is 16.2. The van der Waals surface area contributed by atoms with Crippen LogP contribution in [-0.2, 0) is 23.2 Å². The summed E-state index contributed by atoms with van der Waals surface area (Å²) in [7, 11) is 5.07. The van der Waals surface area contributed by atoms with E-state index in [0.717, 1.165) is 44.1 Å². The van der Waals surface area contributed by atoms with E-state index in [9.17, 15) is 14.4 Å². The Hall–Kier alpha value is -4.09. The van der Waals surface area contributed by atoms with Gasteiger partial charge >= 0.3 is 0 Å². The molecule has 0 radical (unpaired) electrons. The highest BCUT2D eigenvalue weighted by molar-refractivity contribution is 6.00. The van der Waals surface area contributed by atoms with Gasteiger partial charge in [-0.3, -0.25) is 19.1 Å². The quantitative estimate of drug-likeness (QED) is 0.433. The van der Waals surface area contributed by atoms with Crippen molar-refractivity contribution in [1.82, 2.24) is 40.0 Å². The van der Waals surface area contributed by atoms with Gasteiger partial charge in [0, 0.05) is 39.1 Å². The van der Waals surface area contributed by atoms with E-state index >= 15 is 0 Å². The first-order chi connectivity index (χ1) is 18.2. The van der Waals surface area contributed by atoms with Crippen LogP contribution in [0.15, 0.2) is 30.6 Å². The minimum Gasteiger partial charge on any atom is -0.347 e. The van der Waals surface area contributed by atoms with E-state index in [1.165, 1.54) is 9.58 Å². The molecule has 0 spiro atoms. The second kappa shape index (κ2) is 12.0. The van der Waals surface area contributed by atoms with Crippen molar-refractivity contribution in [3.05, 3.63) is 42.0 Å². The van der Waals surface area contributed by atoms with Crippen molar-refractivity contribution in [3.63, 3.8) is 0 Å². The number of aryl methyl sites for hydroxylation is 2. The highest BCUT2D eigenvalue weighted by Crippen LogP contribution is 2.27. The lowest BCUT2D eigenvalue weighted by Gasteiger charge is -2.26. The molecule has 202 valence electrons. The van der Waals surface area contributed by atoms with Crippen LogP contribution in [0.5, 0.6) is 0 Å². The number of rotatable bonds is 8. The van der Waals surface area contributed by atoms with Crippen LogP contribution in [0, 0.1) is 12.8 Å². The number of aromatic nitrogens is 6. The SMILES string of the molecule is Cc1nnn(CC(=O)N(C)C)c1-c1ccc(NC(=O)C(NC(=O)c2ccnn2C)C2CCCCCC2)nc1. The molecule has 1 saturated carbocycles. The van der Waals surface area contributed by atoms with Gasteiger partial charge < -0.3 is 15.5 Å². The molecule has 12 nitrogen and oxygen atoms in total. The van der Waals surface area contributed by atoms with Gasteiger partial charge in [-0.1, -0.05) is 30.9 Å². The molecule has 1 aliphatic rings. The summed E-state index contributed by atoms with van der Waals surface area (Å²) in [4.78, 5) is 44.6. The van der Waals surface area contributed by atoms with Crippen molar-refractivity contribution in [1.29, 1.82) is 0 Å². The smallest absolute Gasteiger partial charge is 0.270 e. The summed E-state index contributed by atoms with van der Waals surface area (Å²) in [6, 6.07) is 4.44. The molecule has 0 bridgehead atoms. The molecule has 4 rings (SSSR count). The van der Waals surface area contributed by atoms with Crippen LogP contribution in [0.3, 0.4) is 0 Å². The third-order valence-electron chi connectivity index (χ3n) is 6.97. The van der Waals surface area contributed by atoms with Crippen molar-refractivity contribution in [2.45, 2.75) is 58.0 Å². The van der Waals surface area contributed by atoms with Crippen LogP contribution in [0.25, 0.3) is 11.3 Å². The Kier molecular flexibility index (Phi) is 8.49. The number of anilines is 1. The number of pyridine rings is 1. The molecule has 0 aromatic carbocycles. The number of carbonyl (C=O) groups is 3. The normalized spacial score (nSPS) is 14.9. The predicted octanol–water partition coefficient (Wildman–Crippen LogP) is 2.18. The first kappa shape index (κ1) is 27.0. The summed E-state index contributed by atoms with van der Waals surface area (Å²) in [5.74, 6) is -0.335. The average Bonchev–Trinajstić information content (AvgIpc) is 3.37. The van der Waals surface area contributed by atoms with Gasteiger partial charge in [-0.15, -0.1) is 5.10 Å². The van der Waals surface area contributed by atoms with Gasteiger partial charge in [-0.05, 0) is 43.9 Å². The highest BCUT2D eigenvalue weighted by Gasteiger charge is 2.31. The molecule has 3 amide bonds. The van der Waals surface area contributed by atoms with Crippen LogP contribution in [0.1, 0.15) is 54.7 Å². The molecular weight excluding hydrogens is 486 g/mol. The molecular formula is C26H35N9O3. The molecule has 12 heteroatoms. The van der Waals surface area contributed by atoms with Crippen molar-refractivity contribution >= 4 is 23.5 Å². The summed E-state index contributed by atoms with van der Waals surface area (Å²) >= 11 is 0. The molecule has 3 aromatic heterocycles. The lowest BCUT2D eigenvalue weighted by Crippen LogP contribution is -2.49. The Morgan fingerprint density at radius 2 is 1.84 bits per heavy atom. The van der Waals surface area contributed by atoms with Gasteiger partial charge in [0.15, 0.2) is 0 Å². The Morgan fingerprint density at radius 1 is 1.11 bits per heavy atom. The third-order valence-corrected chi connectivity index (χ3v) is 6.97. The molecule has 1 atom stereocenters. The maximum atomic E-state index is 13.5. The minimum absolute atomic E-state index is 0.0336. The fourth-order valence-electron chi connectivity index (χ4n) is 4.80. The zero-order chi connectivity index (χ0) is 27.2. The maximum absolute atomic E-state index is 13.5. The second-order valence-electron chi connectivity index (χ2n) is 9.93. The zero-order valence-electron chi connectivity index (χ0n) is 22.3. The average molecular weight is 522 g/mol. The summed E-state index contributed by atoms with van der Waals surface area (Å²) in [5.41, 5.74) is 2.47. The van der Waals surface area contributed by atoms with E-state index in [-0.39, 0.29) is 30.2 Å². The lowest BCUT2D eigenvalue weighted by atomic mass is 9.91. The number of amides is 3. The van der Waals surface area contributed by atoms with E-state index in [0.29, 0.717) is 22.9 Å². The molecule has 1 unspecified atom stereocenters. The van der Waals surface area contributed by atoms with Gasteiger partial charge in [-0.25, -0.2) is 9.67 Å². The number of nitrogens with zero attached hydrogens (tertiary/aromatic N) is 7. The Labute approximate surface area is 221 Å². The first-order valence-corrected chi connectivity index (χ1v) is 12.9. The van der Waals surface area contributed by atoms with Crippen LogP contribution >= 0.6 is 0 Å². The van der Waals surface area contributed by atoms with Crippen molar-refractivity contribution < 1.29 is 14.4 Å². The molecule has 3 heterocycles. The topological polar surface area (TPSA) is 140 Å². The van der Waals surface area contributed by atoms with Crippen LogP contribution in [0.4, 0.5) is 5.82 Å². The van der Waals surface area contributed by atoms with Gasteiger partial charge in [0.2, 0.25) is 11.8 Å². The molecule has 1 aliphatic carbocycles. The van der Waals surface area contributed by atoms with Gasteiger partial charge in [0.05, 0.1) is 11.4 Å². The Balaban J connectivity index is 1.51. The fraction of sp³-hybridized carbons (Fsp3) is 0.500. The summed E-state index contributed by atoms with van der Waals surface area (Å²) in [6.07, 6.45) is 9.24. The van der Waals surface area contributed by atoms with Crippen LogP contribution < -0.4 is 10.6 Å².